The third kappa shape index (κ3) is 4.12. The fourth-order valence-electron chi connectivity index (χ4n) is 2.65. The van der Waals surface area contributed by atoms with E-state index in [2.05, 4.69) is 0 Å². The van der Waals surface area contributed by atoms with Crippen LogP contribution in [0.25, 0.3) is 0 Å². The van der Waals surface area contributed by atoms with E-state index in [0.717, 1.165) is 11.1 Å². The Labute approximate surface area is 127 Å². The predicted octanol–water partition coefficient (Wildman–Crippen LogP) is 3.11. The SMILES string of the molecule is O=[N+]([O-])CC(c1ccccc1)C(C[N+](=O)[O-])c1ccccc1. The van der Waals surface area contributed by atoms with Gasteiger partial charge in [0.15, 0.2) is 0 Å². The van der Waals surface area contributed by atoms with E-state index >= 15 is 0 Å². The van der Waals surface area contributed by atoms with Crippen LogP contribution < -0.4 is 0 Å². The number of nitro groups is 2. The largest absolute Gasteiger partial charge is 0.265 e. The van der Waals surface area contributed by atoms with Gasteiger partial charge in [-0.1, -0.05) is 60.7 Å². The zero-order valence-corrected chi connectivity index (χ0v) is 11.9. The minimum atomic E-state index is -0.538. The number of rotatable bonds is 7. The maximum Gasteiger partial charge on any atom is 0.211 e. The molecular weight excluding hydrogens is 284 g/mol. The molecule has 2 unspecified atom stereocenters. The van der Waals surface area contributed by atoms with Gasteiger partial charge >= 0.3 is 0 Å². The molecule has 0 amide bonds. The molecule has 0 radical (unpaired) electrons. The molecular formula is C16H16N2O4. The summed E-state index contributed by atoms with van der Waals surface area (Å²) in [6.07, 6.45) is 0. The maximum atomic E-state index is 11.0. The first-order valence-electron chi connectivity index (χ1n) is 6.91. The van der Waals surface area contributed by atoms with Crippen molar-refractivity contribution >= 4 is 0 Å². The number of nitrogens with zero attached hydrogens (tertiary/aromatic N) is 2. The van der Waals surface area contributed by atoms with Crippen LogP contribution in [0.4, 0.5) is 0 Å². The average molecular weight is 300 g/mol. The van der Waals surface area contributed by atoms with Crippen molar-refractivity contribution < 1.29 is 9.85 Å². The second-order valence-corrected chi connectivity index (χ2v) is 5.06. The van der Waals surface area contributed by atoms with Gasteiger partial charge in [0.1, 0.15) is 0 Å². The van der Waals surface area contributed by atoms with Gasteiger partial charge < -0.3 is 0 Å². The fourth-order valence-corrected chi connectivity index (χ4v) is 2.65. The lowest BCUT2D eigenvalue weighted by molar-refractivity contribution is -0.498. The van der Waals surface area contributed by atoms with Gasteiger partial charge in [0.25, 0.3) is 0 Å². The van der Waals surface area contributed by atoms with Crippen molar-refractivity contribution in [2.24, 2.45) is 0 Å². The molecule has 2 aromatic rings. The Hall–Kier alpha value is -2.76. The molecule has 0 saturated carbocycles. The minimum absolute atomic E-state index is 0.336. The summed E-state index contributed by atoms with van der Waals surface area (Å²) in [5.74, 6) is -1.08. The summed E-state index contributed by atoms with van der Waals surface area (Å²) in [5, 5.41) is 22.1. The normalized spacial score (nSPS) is 13.3. The number of hydrogen-bond donors (Lipinski definition) is 0. The third-order valence-corrected chi connectivity index (χ3v) is 3.63. The fraction of sp³-hybridized carbons (Fsp3) is 0.250. The Morgan fingerprint density at radius 3 is 1.27 bits per heavy atom. The molecule has 0 spiro atoms. The van der Waals surface area contributed by atoms with Crippen molar-refractivity contribution in [1.82, 2.24) is 0 Å². The molecule has 114 valence electrons. The molecule has 2 aromatic carbocycles. The first kappa shape index (κ1) is 15.6. The van der Waals surface area contributed by atoms with E-state index in [0.29, 0.717) is 0 Å². The zero-order valence-electron chi connectivity index (χ0n) is 11.9. The first-order chi connectivity index (χ1) is 10.6. The smallest absolute Gasteiger partial charge is 0.211 e. The lowest BCUT2D eigenvalue weighted by Gasteiger charge is -2.22. The maximum absolute atomic E-state index is 11.0. The van der Waals surface area contributed by atoms with Gasteiger partial charge in [0, 0.05) is 9.85 Å². The third-order valence-electron chi connectivity index (χ3n) is 3.63. The van der Waals surface area contributed by atoms with Gasteiger partial charge in [-0.3, -0.25) is 20.2 Å². The van der Waals surface area contributed by atoms with Gasteiger partial charge in [0.05, 0.1) is 11.8 Å². The van der Waals surface area contributed by atoms with Crippen molar-refractivity contribution in [3.8, 4) is 0 Å². The molecule has 0 aliphatic carbocycles. The average Bonchev–Trinajstić information content (AvgIpc) is 2.52. The van der Waals surface area contributed by atoms with E-state index in [4.69, 9.17) is 0 Å². The molecule has 0 saturated heterocycles. The van der Waals surface area contributed by atoms with Crippen LogP contribution in [0.5, 0.6) is 0 Å². The highest BCUT2D eigenvalue weighted by Gasteiger charge is 2.32. The summed E-state index contributed by atoms with van der Waals surface area (Å²) < 4.78 is 0. The van der Waals surface area contributed by atoms with Crippen molar-refractivity contribution in [3.63, 3.8) is 0 Å². The van der Waals surface area contributed by atoms with Crippen LogP contribution in [0.1, 0.15) is 23.0 Å². The summed E-state index contributed by atoms with van der Waals surface area (Å²) in [4.78, 5) is 21.3. The quantitative estimate of drug-likeness (QED) is 0.580. The zero-order chi connectivity index (χ0) is 15.9. The molecule has 2 rings (SSSR count). The van der Waals surface area contributed by atoms with E-state index in [9.17, 15) is 20.2 Å². The Balaban J connectivity index is 2.43. The monoisotopic (exact) mass is 300 g/mol. The lowest BCUT2D eigenvalue weighted by atomic mass is 9.81. The standard InChI is InChI=1S/C16H16N2O4/c19-17(20)11-15(13-7-3-1-4-8-13)16(12-18(21)22)14-9-5-2-6-10-14/h1-10,15-16H,11-12H2. The van der Waals surface area contributed by atoms with Crippen LogP contribution in [0.2, 0.25) is 0 Å². The second-order valence-electron chi connectivity index (χ2n) is 5.06. The summed E-state index contributed by atoms with van der Waals surface area (Å²) in [5.41, 5.74) is 1.49. The van der Waals surface area contributed by atoms with Gasteiger partial charge in [-0.05, 0) is 11.1 Å². The molecule has 6 heteroatoms. The minimum Gasteiger partial charge on any atom is -0.265 e. The summed E-state index contributed by atoms with van der Waals surface area (Å²) in [6.45, 7) is -0.672. The molecule has 0 N–H and O–H groups in total. The van der Waals surface area contributed by atoms with Crippen LogP contribution in [-0.2, 0) is 0 Å². The van der Waals surface area contributed by atoms with Crippen molar-refractivity contribution in [1.29, 1.82) is 0 Å². The Kier molecular flexibility index (Phi) is 5.19. The second kappa shape index (κ2) is 7.31. The molecule has 2 atom stereocenters. The molecule has 0 fully saturated rings. The van der Waals surface area contributed by atoms with Crippen molar-refractivity contribution in [2.75, 3.05) is 13.1 Å². The van der Waals surface area contributed by atoms with Gasteiger partial charge in [0.2, 0.25) is 13.1 Å². The highest BCUT2D eigenvalue weighted by atomic mass is 16.6. The lowest BCUT2D eigenvalue weighted by Crippen LogP contribution is -2.25. The number of benzene rings is 2. The van der Waals surface area contributed by atoms with Crippen LogP contribution in [0.3, 0.4) is 0 Å². The van der Waals surface area contributed by atoms with Crippen LogP contribution in [0, 0.1) is 20.2 Å². The van der Waals surface area contributed by atoms with Crippen molar-refractivity contribution in [3.05, 3.63) is 92.0 Å². The Bertz CT molecular complexity index is 574. The van der Waals surface area contributed by atoms with Gasteiger partial charge in [-0.25, -0.2) is 0 Å². The Morgan fingerprint density at radius 2 is 1.00 bits per heavy atom. The van der Waals surface area contributed by atoms with E-state index in [1.54, 1.807) is 48.5 Å². The van der Waals surface area contributed by atoms with E-state index in [-0.39, 0.29) is 13.1 Å². The molecule has 6 nitrogen and oxygen atoms in total. The Morgan fingerprint density at radius 1 is 0.682 bits per heavy atom. The number of hydrogen-bond acceptors (Lipinski definition) is 4. The van der Waals surface area contributed by atoms with Gasteiger partial charge in [-0.2, -0.15) is 0 Å². The first-order valence-corrected chi connectivity index (χ1v) is 6.91. The predicted molar refractivity (Wildman–Crippen MR) is 82.1 cm³/mol. The van der Waals surface area contributed by atoms with Crippen molar-refractivity contribution in [2.45, 2.75) is 11.8 Å². The molecule has 22 heavy (non-hydrogen) atoms. The van der Waals surface area contributed by atoms with Crippen LogP contribution in [0.15, 0.2) is 60.7 Å². The highest BCUT2D eigenvalue weighted by molar-refractivity contribution is 5.28. The molecule has 0 bridgehead atoms. The van der Waals surface area contributed by atoms with E-state index in [1.807, 2.05) is 12.1 Å². The van der Waals surface area contributed by atoms with E-state index in [1.165, 1.54) is 0 Å². The summed E-state index contributed by atoms with van der Waals surface area (Å²) >= 11 is 0. The summed E-state index contributed by atoms with van der Waals surface area (Å²) in [6, 6.07) is 17.9. The highest BCUT2D eigenvalue weighted by Crippen LogP contribution is 2.33. The topological polar surface area (TPSA) is 86.3 Å². The molecule has 0 aliphatic heterocycles. The van der Waals surface area contributed by atoms with Crippen LogP contribution >= 0.6 is 0 Å². The molecule has 0 aliphatic rings. The van der Waals surface area contributed by atoms with Crippen LogP contribution in [-0.4, -0.2) is 22.9 Å². The molecule has 0 aromatic heterocycles. The molecule has 0 heterocycles. The summed E-state index contributed by atoms with van der Waals surface area (Å²) in [7, 11) is 0. The van der Waals surface area contributed by atoms with Gasteiger partial charge in [-0.15, -0.1) is 0 Å². The van der Waals surface area contributed by atoms with E-state index < -0.39 is 21.7 Å².